The molecule has 5 nitrogen and oxygen atoms in total. The third-order valence-corrected chi connectivity index (χ3v) is 2.72. The molecule has 2 aromatic rings. The molecule has 2 heterocycles. The molecule has 15 heavy (non-hydrogen) atoms. The van der Waals surface area contributed by atoms with Crippen LogP contribution in [-0.2, 0) is 4.79 Å². The quantitative estimate of drug-likeness (QED) is 0.858. The van der Waals surface area contributed by atoms with Crippen LogP contribution in [0, 0.1) is 0 Å². The van der Waals surface area contributed by atoms with Crippen molar-refractivity contribution >= 4 is 27.4 Å². The highest BCUT2D eigenvalue weighted by Gasteiger charge is 2.14. The molecular formula is C9H8BrN3O2. The molecule has 0 saturated heterocycles. The first-order valence-electron chi connectivity index (χ1n) is 4.20. The molecule has 3 N–H and O–H groups in total. The molecule has 6 heteroatoms. The maximum Gasteiger partial charge on any atom is 0.325 e. The van der Waals surface area contributed by atoms with Crippen molar-refractivity contribution in [2.75, 3.05) is 0 Å². The molecule has 2 rings (SSSR count). The predicted molar refractivity (Wildman–Crippen MR) is 57.5 cm³/mol. The van der Waals surface area contributed by atoms with Gasteiger partial charge in [0.05, 0.1) is 11.7 Å². The highest BCUT2D eigenvalue weighted by Crippen LogP contribution is 2.17. The number of rotatable bonds is 2. The van der Waals surface area contributed by atoms with Crippen molar-refractivity contribution < 1.29 is 9.90 Å². The Labute approximate surface area is 93.7 Å². The third-order valence-electron chi connectivity index (χ3n) is 2.14. The van der Waals surface area contributed by atoms with Gasteiger partial charge in [-0.25, -0.2) is 4.98 Å². The Morgan fingerprint density at radius 2 is 2.40 bits per heavy atom. The van der Waals surface area contributed by atoms with E-state index in [1.807, 2.05) is 0 Å². The number of hydrogen-bond donors (Lipinski definition) is 2. The average Bonchev–Trinajstić information content (AvgIpc) is 2.59. The maximum atomic E-state index is 10.7. The van der Waals surface area contributed by atoms with E-state index in [2.05, 4.69) is 20.9 Å². The molecule has 0 aromatic carbocycles. The largest absolute Gasteiger partial charge is 0.480 e. The zero-order chi connectivity index (χ0) is 11.0. The number of fused-ring (bicyclic) bond motifs is 1. The van der Waals surface area contributed by atoms with Crippen molar-refractivity contribution in [3.63, 3.8) is 0 Å². The predicted octanol–water partition coefficient (Wildman–Crippen LogP) is 1.18. The fourth-order valence-corrected chi connectivity index (χ4v) is 1.75. The van der Waals surface area contributed by atoms with Crippen molar-refractivity contribution in [2.45, 2.75) is 6.04 Å². The summed E-state index contributed by atoms with van der Waals surface area (Å²) in [5.74, 6) is -1.04. The van der Waals surface area contributed by atoms with E-state index in [0.717, 1.165) is 5.52 Å². The zero-order valence-electron chi connectivity index (χ0n) is 7.59. The van der Waals surface area contributed by atoms with Gasteiger partial charge in [0.1, 0.15) is 6.04 Å². The average molecular weight is 270 g/mol. The van der Waals surface area contributed by atoms with Gasteiger partial charge < -0.3 is 10.8 Å². The fourth-order valence-electron chi connectivity index (χ4n) is 1.32. The summed E-state index contributed by atoms with van der Waals surface area (Å²) in [6.45, 7) is 0. The van der Waals surface area contributed by atoms with Crippen molar-refractivity contribution in [2.24, 2.45) is 5.73 Å². The van der Waals surface area contributed by atoms with Gasteiger partial charge >= 0.3 is 5.97 Å². The van der Waals surface area contributed by atoms with E-state index >= 15 is 0 Å². The molecular weight excluding hydrogens is 262 g/mol. The summed E-state index contributed by atoms with van der Waals surface area (Å²) >= 11 is 3.26. The number of hydrogen-bond acceptors (Lipinski definition) is 3. The summed E-state index contributed by atoms with van der Waals surface area (Å²) in [5.41, 5.74) is 6.85. The smallest absolute Gasteiger partial charge is 0.325 e. The Bertz CT molecular complexity index is 523. The van der Waals surface area contributed by atoms with Gasteiger partial charge in [-0.1, -0.05) is 0 Å². The Balaban J connectivity index is 2.52. The van der Waals surface area contributed by atoms with Gasteiger partial charge in [0.15, 0.2) is 4.73 Å². The van der Waals surface area contributed by atoms with Gasteiger partial charge in [-0.3, -0.25) is 9.20 Å². The minimum atomic E-state index is -1.04. The molecule has 0 aliphatic carbocycles. The van der Waals surface area contributed by atoms with Crippen molar-refractivity contribution in [3.05, 3.63) is 34.8 Å². The Morgan fingerprint density at radius 3 is 3.07 bits per heavy atom. The number of carboxylic acid groups (broad SMARTS) is 1. The number of carboxylic acids is 1. The number of nitrogens with two attached hydrogens (primary N) is 1. The number of aliphatic carboxylic acids is 1. The van der Waals surface area contributed by atoms with Gasteiger partial charge in [0.2, 0.25) is 0 Å². The summed E-state index contributed by atoms with van der Waals surface area (Å²) in [7, 11) is 0. The van der Waals surface area contributed by atoms with E-state index in [1.54, 1.807) is 28.9 Å². The molecule has 0 amide bonds. The third kappa shape index (κ3) is 1.73. The minimum absolute atomic E-state index is 0.558. The van der Waals surface area contributed by atoms with E-state index in [9.17, 15) is 4.79 Å². The van der Waals surface area contributed by atoms with Crippen molar-refractivity contribution in [1.29, 1.82) is 0 Å². The van der Waals surface area contributed by atoms with Crippen LogP contribution in [0.15, 0.2) is 29.3 Å². The highest BCUT2D eigenvalue weighted by molar-refractivity contribution is 9.10. The summed E-state index contributed by atoms with van der Waals surface area (Å²) in [4.78, 5) is 14.7. The zero-order valence-corrected chi connectivity index (χ0v) is 9.18. The lowest BCUT2D eigenvalue weighted by molar-refractivity contribution is -0.138. The first kappa shape index (κ1) is 10.1. The number of halogens is 1. The lowest BCUT2D eigenvalue weighted by atomic mass is 10.1. The van der Waals surface area contributed by atoms with Crippen molar-refractivity contribution in [3.8, 4) is 0 Å². The van der Waals surface area contributed by atoms with Crippen LogP contribution < -0.4 is 5.73 Å². The van der Waals surface area contributed by atoms with Gasteiger partial charge in [0, 0.05) is 6.20 Å². The Hall–Kier alpha value is -1.40. The van der Waals surface area contributed by atoms with E-state index in [1.165, 1.54) is 0 Å². The fraction of sp³-hybridized carbons (Fsp3) is 0.111. The van der Waals surface area contributed by atoms with Crippen LogP contribution >= 0.6 is 15.9 Å². The monoisotopic (exact) mass is 269 g/mol. The van der Waals surface area contributed by atoms with Gasteiger partial charge in [-0.2, -0.15) is 0 Å². The first-order chi connectivity index (χ1) is 7.09. The van der Waals surface area contributed by atoms with Crippen molar-refractivity contribution in [1.82, 2.24) is 9.38 Å². The second-order valence-electron chi connectivity index (χ2n) is 3.10. The van der Waals surface area contributed by atoms with E-state index in [0.29, 0.717) is 10.3 Å². The number of carbonyl (C=O) groups is 1. The normalized spacial score (nSPS) is 12.9. The molecule has 0 radical (unpaired) electrons. The number of pyridine rings is 1. The van der Waals surface area contributed by atoms with Gasteiger partial charge in [-0.05, 0) is 33.6 Å². The molecule has 78 valence electrons. The van der Waals surface area contributed by atoms with E-state index in [-0.39, 0.29) is 0 Å². The maximum absolute atomic E-state index is 10.7. The highest BCUT2D eigenvalue weighted by atomic mass is 79.9. The number of imidazole rings is 1. The van der Waals surface area contributed by atoms with Crippen LogP contribution in [0.4, 0.5) is 0 Å². The van der Waals surface area contributed by atoms with Gasteiger partial charge in [-0.15, -0.1) is 0 Å². The molecule has 2 aromatic heterocycles. The molecule has 1 atom stereocenters. The lowest BCUT2D eigenvalue weighted by Gasteiger charge is -2.06. The van der Waals surface area contributed by atoms with Gasteiger partial charge in [0.25, 0.3) is 0 Å². The summed E-state index contributed by atoms with van der Waals surface area (Å²) in [6.07, 6.45) is 3.37. The van der Waals surface area contributed by atoms with E-state index in [4.69, 9.17) is 10.8 Å². The Morgan fingerprint density at radius 1 is 1.67 bits per heavy atom. The molecule has 0 spiro atoms. The molecule has 1 unspecified atom stereocenters. The van der Waals surface area contributed by atoms with Crippen LogP contribution in [0.2, 0.25) is 0 Å². The summed E-state index contributed by atoms with van der Waals surface area (Å²) in [6, 6.07) is 2.37. The Kier molecular flexibility index (Phi) is 2.45. The minimum Gasteiger partial charge on any atom is -0.480 e. The summed E-state index contributed by atoms with van der Waals surface area (Å²) < 4.78 is 2.46. The van der Waals surface area contributed by atoms with Crippen LogP contribution in [0.5, 0.6) is 0 Å². The summed E-state index contributed by atoms with van der Waals surface area (Å²) in [5, 5.41) is 8.76. The number of aromatic nitrogens is 2. The van der Waals surface area contributed by atoms with E-state index < -0.39 is 12.0 Å². The lowest BCUT2D eigenvalue weighted by Crippen LogP contribution is -2.20. The van der Waals surface area contributed by atoms with Crippen LogP contribution in [-0.4, -0.2) is 20.5 Å². The van der Waals surface area contributed by atoms with Crippen LogP contribution in [0.3, 0.4) is 0 Å². The molecule has 0 fully saturated rings. The first-order valence-corrected chi connectivity index (χ1v) is 5.00. The second kappa shape index (κ2) is 3.63. The van der Waals surface area contributed by atoms with Crippen LogP contribution in [0.25, 0.3) is 5.52 Å². The van der Waals surface area contributed by atoms with Crippen LogP contribution in [0.1, 0.15) is 11.6 Å². The molecule has 0 saturated carbocycles. The SMILES string of the molecule is NC(C(=O)O)c1ccn2c(Br)ncc2c1. The second-order valence-corrected chi connectivity index (χ2v) is 3.81. The number of nitrogens with zero attached hydrogens (tertiary/aromatic N) is 2. The molecule has 0 bridgehead atoms. The standard InChI is InChI=1S/C9H8BrN3O2/c10-9-12-4-6-3-5(1-2-13(6)9)7(11)8(14)15/h1-4,7H,11H2,(H,14,15). The topological polar surface area (TPSA) is 80.6 Å². The molecule has 0 aliphatic rings. The molecule has 0 aliphatic heterocycles.